The van der Waals surface area contributed by atoms with Gasteiger partial charge in [-0.1, -0.05) is 22.5 Å². The highest BCUT2D eigenvalue weighted by atomic mass is 79.9. The zero-order valence-corrected chi connectivity index (χ0v) is 7.89. The Morgan fingerprint density at radius 3 is 3.17 bits per heavy atom. The molecule has 0 radical (unpaired) electrons. The number of nitrogens with one attached hydrogen (secondary N) is 2. The summed E-state index contributed by atoms with van der Waals surface area (Å²) in [5.41, 5.74) is -0.230. The Kier molecular flexibility index (Phi) is 3.04. The van der Waals surface area contributed by atoms with Crippen molar-refractivity contribution in [1.82, 2.24) is 9.97 Å². The minimum Gasteiger partial charge on any atom is -0.361 e. The number of hydrogen-bond acceptors (Lipinski definition) is 3. The molecule has 1 aromatic rings. The average molecular weight is 230 g/mol. The van der Waals surface area contributed by atoms with Crippen LogP contribution in [0.1, 0.15) is 0 Å². The van der Waals surface area contributed by atoms with Gasteiger partial charge >= 0.3 is 0 Å². The third-order valence-corrected chi connectivity index (χ3v) is 1.44. The van der Waals surface area contributed by atoms with Gasteiger partial charge in [0.05, 0.1) is 0 Å². The molecule has 0 saturated carbocycles. The van der Waals surface area contributed by atoms with E-state index < -0.39 is 0 Å². The van der Waals surface area contributed by atoms with Gasteiger partial charge in [-0.2, -0.15) is 0 Å². The fraction of sp³-hybridized carbons (Fsp3) is 0.143. The second-order valence-electron chi connectivity index (χ2n) is 2.14. The molecule has 12 heavy (non-hydrogen) atoms. The molecule has 0 saturated heterocycles. The molecule has 0 amide bonds. The van der Waals surface area contributed by atoms with E-state index in [0.29, 0.717) is 12.4 Å². The van der Waals surface area contributed by atoms with Crippen molar-refractivity contribution in [2.45, 2.75) is 0 Å². The van der Waals surface area contributed by atoms with Crippen LogP contribution in [-0.2, 0) is 0 Å². The number of anilines is 1. The van der Waals surface area contributed by atoms with Crippen molar-refractivity contribution < 1.29 is 0 Å². The maximum atomic E-state index is 11.0. The van der Waals surface area contributed by atoms with Gasteiger partial charge in [-0.3, -0.25) is 4.79 Å². The van der Waals surface area contributed by atoms with Gasteiger partial charge < -0.3 is 10.3 Å². The molecule has 0 unspecified atom stereocenters. The molecular formula is C7H8BrN3O. The number of H-pyrrole nitrogens is 1. The predicted molar refractivity (Wildman–Crippen MR) is 51.4 cm³/mol. The quantitative estimate of drug-likeness (QED) is 0.817. The summed E-state index contributed by atoms with van der Waals surface area (Å²) in [6.07, 6.45) is 3.00. The lowest BCUT2D eigenvalue weighted by molar-refractivity contribution is 1.11. The number of aromatic nitrogens is 2. The van der Waals surface area contributed by atoms with Crippen LogP contribution in [0.2, 0.25) is 0 Å². The van der Waals surface area contributed by atoms with E-state index in [9.17, 15) is 4.79 Å². The van der Waals surface area contributed by atoms with Crippen LogP contribution in [0.5, 0.6) is 0 Å². The molecule has 0 aliphatic heterocycles. The van der Waals surface area contributed by atoms with Crippen molar-refractivity contribution in [2.75, 3.05) is 11.9 Å². The molecule has 0 aliphatic rings. The van der Waals surface area contributed by atoms with Gasteiger partial charge in [-0.05, 0) is 0 Å². The summed E-state index contributed by atoms with van der Waals surface area (Å²) in [6, 6.07) is 0. The number of halogens is 1. The van der Waals surface area contributed by atoms with Crippen molar-refractivity contribution in [1.29, 1.82) is 0 Å². The standard InChI is InChI=1S/C7H8BrN3O/c1-5(8)4-11-6-7(12)10-3-2-9-6/h2-3H,1,4H2,(H,9,11)(H,10,12). The first kappa shape index (κ1) is 8.99. The summed E-state index contributed by atoms with van der Waals surface area (Å²) >= 11 is 3.16. The monoisotopic (exact) mass is 229 g/mol. The van der Waals surface area contributed by atoms with Gasteiger partial charge in [-0.25, -0.2) is 4.98 Å². The second-order valence-corrected chi connectivity index (χ2v) is 3.26. The van der Waals surface area contributed by atoms with Gasteiger partial charge in [0.25, 0.3) is 5.56 Å². The second kappa shape index (κ2) is 4.06. The summed E-state index contributed by atoms with van der Waals surface area (Å²) in [7, 11) is 0. The van der Waals surface area contributed by atoms with Crippen LogP contribution < -0.4 is 10.9 Å². The molecule has 2 N–H and O–H groups in total. The van der Waals surface area contributed by atoms with E-state index in [1.54, 1.807) is 0 Å². The van der Waals surface area contributed by atoms with Crippen LogP contribution in [0.25, 0.3) is 0 Å². The van der Waals surface area contributed by atoms with Gasteiger partial charge in [0.2, 0.25) is 0 Å². The number of hydrogen-bond donors (Lipinski definition) is 2. The Bertz CT molecular complexity index is 333. The first-order valence-corrected chi connectivity index (χ1v) is 4.10. The summed E-state index contributed by atoms with van der Waals surface area (Å²) in [4.78, 5) is 17.3. The highest BCUT2D eigenvalue weighted by molar-refractivity contribution is 9.11. The van der Waals surface area contributed by atoms with E-state index >= 15 is 0 Å². The van der Waals surface area contributed by atoms with E-state index in [2.05, 4.69) is 37.8 Å². The minimum absolute atomic E-state index is 0.230. The molecule has 1 rings (SSSR count). The lowest BCUT2D eigenvalue weighted by atomic mass is 10.5. The fourth-order valence-corrected chi connectivity index (χ4v) is 0.797. The normalized spacial score (nSPS) is 9.42. The van der Waals surface area contributed by atoms with Crippen molar-refractivity contribution in [3.8, 4) is 0 Å². The van der Waals surface area contributed by atoms with E-state index in [-0.39, 0.29) is 5.56 Å². The molecule has 0 bridgehead atoms. The summed E-state index contributed by atoms with van der Waals surface area (Å²) < 4.78 is 0.771. The maximum absolute atomic E-state index is 11.0. The van der Waals surface area contributed by atoms with Crippen LogP contribution in [0.15, 0.2) is 28.2 Å². The first-order chi connectivity index (χ1) is 5.70. The van der Waals surface area contributed by atoms with E-state index in [0.717, 1.165) is 4.48 Å². The third kappa shape index (κ3) is 2.50. The van der Waals surface area contributed by atoms with Crippen LogP contribution >= 0.6 is 15.9 Å². The van der Waals surface area contributed by atoms with Gasteiger partial charge in [-0.15, -0.1) is 0 Å². The van der Waals surface area contributed by atoms with Crippen molar-refractivity contribution in [2.24, 2.45) is 0 Å². The summed E-state index contributed by atoms with van der Waals surface area (Å²) in [5.74, 6) is 0.304. The van der Waals surface area contributed by atoms with Gasteiger partial charge in [0.1, 0.15) is 0 Å². The molecule has 5 heteroatoms. The molecule has 1 heterocycles. The molecule has 0 aliphatic carbocycles. The molecule has 4 nitrogen and oxygen atoms in total. The molecule has 0 atom stereocenters. The van der Waals surface area contributed by atoms with E-state index in [1.807, 2.05) is 0 Å². The molecule has 1 aromatic heterocycles. The number of nitrogens with zero attached hydrogens (tertiary/aromatic N) is 1. The Labute approximate surface area is 77.9 Å². The Morgan fingerprint density at radius 1 is 1.83 bits per heavy atom. The van der Waals surface area contributed by atoms with E-state index in [4.69, 9.17) is 0 Å². The molecular weight excluding hydrogens is 222 g/mol. The minimum atomic E-state index is -0.230. The molecule has 0 aromatic carbocycles. The van der Waals surface area contributed by atoms with Crippen molar-refractivity contribution in [3.63, 3.8) is 0 Å². The average Bonchev–Trinajstić information content (AvgIpc) is 2.03. The molecule has 0 fully saturated rings. The fourth-order valence-electron chi connectivity index (χ4n) is 0.657. The highest BCUT2D eigenvalue weighted by Crippen LogP contribution is 2.00. The van der Waals surface area contributed by atoms with E-state index in [1.165, 1.54) is 12.4 Å². The van der Waals surface area contributed by atoms with Gasteiger partial charge in [0.15, 0.2) is 5.82 Å². The van der Waals surface area contributed by atoms with Crippen LogP contribution in [0.4, 0.5) is 5.82 Å². The smallest absolute Gasteiger partial charge is 0.290 e. The highest BCUT2D eigenvalue weighted by Gasteiger charge is 1.97. The largest absolute Gasteiger partial charge is 0.361 e. The maximum Gasteiger partial charge on any atom is 0.290 e. The van der Waals surface area contributed by atoms with Crippen LogP contribution in [0.3, 0.4) is 0 Å². The Balaban J connectivity index is 2.70. The predicted octanol–water partition coefficient (Wildman–Crippen LogP) is 1.09. The zero-order chi connectivity index (χ0) is 8.97. The number of rotatable bonds is 3. The number of aromatic amines is 1. The van der Waals surface area contributed by atoms with Gasteiger partial charge in [0, 0.05) is 23.4 Å². The SMILES string of the molecule is C=C(Br)CNc1ncc[nH]c1=O. The lowest BCUT2D eigenvalue weighted by Crippen LogP contribution is -2.15. The molecule has 0 spiro atoms. The lowest BCUT2D eigenvalue weighted by Gasteiger charge is -2.00. The van der Waals surface area contributed by atoms with Crippen LogP contribution in [-0.4, -0.2) is 16.5 Å². The van der Waals surface area contributed by atoms with Crippen molar-refractivity contribution in [3.05, 3.63) is 33.8 Å². The summed E-state index contributed by atoms with van der Waals surface area (Å²) in [5, 5.41) is 2.81. The Morgan fingerprint density at radius 2 is 2.58 bits per heavy atom. The Hall–Kier alpha value is -1.10. The topological polar surface area (TPSA) is 57.8 Å². The zero-order valence-electron chi connectivity index (χ0n) is 6.30. The van der Waals surface area contributed by atoms with Crippen molar-refractivity contribution >= 4 is 21.7 Å². The van der Waals surface area contributed by atoms with Crippen LogP contribution in [0, 0.1) is 0 Å². The molecule has 64 valence electrons. The first-order valence-electron chi connectivity index (χ1n) is 3.31. The summed E-state index contributed by atoms with van der Waals surface area (Å²) in [6.45, 7) is 4.10. The third-order valence-electron chi connectivity index (χ3n) is 1.16.